The van der Waals surface area contributed by atoms with Crippen LogP contribution in [0.4, 0.5) is 5.69 Å². The molecular formula is C14H11N3O3. The van der Waals surface area contributed by atoms with Gasteiger partial charge in [0.1, 0.15) is 11.6 Å². The molecule has 0 radical (unpaired) electrons. The van der Waals surface area contributed by atoms with Gasteiger partial charge in [-0.3, -0.25) is 14.9 Å². The number of benzene rings is 1. The van der Waals surface area contributed by atoms with Crippen molar-refractivity contribution in [3.05, 3.63) is 61.6 Å². The quantitative estimate of drug-likeness (QED) is 0.668. The number of nitro benzene ring substituents is 1. The summed E-state index contributed by atoms with van der Waals surface area (Å²) in [7, 11) is 0. The molecule has 0 bridgehead atoms. The molecule has 0 aliphatic carbocycles. The SMILES string of the molecule is Cc1cc(-c2cc([N+](=O)[O-])ccc2C)c(C#N)c(=O)[nH]1. The summed E-state index contributed by atoms with van der Waals surface area (Å²) in [5.74, 6) is 0. The Morgan fingerprint density at radius 1 is 1.25 bits per heavy atom. The van der Waals surface area contributed by atoms with E-state index in [0.29, 0.717) is 16.8 Å². The third-order valence-electron chi connectivity index (χ3n) is 3.00. The maximum absolute atomic E-state index is 11.8. The number of aryl methyl sites for hydroxylation is 2. The van der Waals surface area contributed by atoms with E-state index < -0.39 is 10.5 Å². The lowest BCUT2D eigenvalue weighted by Gasteiger charge is -2.08. The molecule has 0 amide bonds. The van der Waals surface area contributed by atoms with Gasteiger partial charge in [-0.1, -0.05) is 6.07 Å². The predicted molar refractivity (Wildman–Crippen MR) is 73.3 cm³/mol. The standard InChI is InChI=1S/C14H11N3O3/c1-8-3-4-10(17(19)20)6-11(8)12-5-9(2)16-14(18)13(12)7-15/h3-6H,1-2H3,(H,16,18). The number of rotatable bonds is 2. The third-order valence-corrected chi connectivity index (χ3v) is 3.00. The van der Waals surface area contributed by atoms with E-state index >= 15 is 0 Å². The van der Waals surface area contributed by atoms with Crippen molar-refractivity contribution in [3.8, 4) is 17.2 Å². The second-order valence-corrected chi connectivity index (χ2v) is 4.44. The number of aromatic nitrogens is 1. The number of nitrogens with zero attached hydrogens (tertiary/aromatic N) is 2. The van der Waals surface area contributed by atoms with Gasteiger partial charge < -0.3 is 4.98 Å². The van der Waals surface area contributed by atoms with Gasteiger partial charge in [-0.15, -0.1) is 0 Å². The maximum atomic E-state index is 11.8. The summed E-state index contributed by atoms with van der Waals surface area (Å²) in [6.45, 7) is 3.47. The Hall–Kier alpha value is -2.94. The highest BCUT2D eigenvalue weighted by Crippen LogP contribution is 2.29. The van der Waals surface area contributed by atoms with Crippen LogP contribution in [0.1, 0.15) is 16.8 Å². The van der Waals surface area contributed by atoms with Gasteiger partial charge in [-0.05, 0) is 31.0 Å². The summed E-state index contributed by atoms with van der Waals surface area (Å²) in [6.07, 6.45) is 0. The van der Waals surface area contributed by atoms with Crippen molar-refractivity contribution in [3.63, 3.8) is 0 Å². The van der Waals surface area contributed by atoms with Crippen molar-refractivity contribution in [2.24, 2.45) is 0 Å². The van der Waals surface area contributed by atoms with Crippen LogP contribution in [0.2, 0.25) is 0 Å². The first-order valence-corrected chi connectivity index (χ1v) is 5.83. The van der Waals surface area contributed by atoms with Crippen molar-refractivity contribution < 1.29 is 4.92 Å². The second kappa shape index (κ2) is 4.97. The maximum Gasteiger partial charge on any atom is 0.270 e. The van der Waals surface area contributed by atoms with E-state index in [1.54, 1.807) is 26.0 Å². The molecule has 0 saturated carbocycles. The van der Waals surface area contributed by atoms with Crippen LogP contribution in [0.3, 0.4) is 0 Å². The Kier molecular flexibility index (Phi) is 3.36. The highest BCUT2D eigenvalue weighted by molar-refractivity contribution is 5.74. The summed E-state index contributed by atoms with van der Waals surface area (Å²) in [4.78, 5) is 24.7. The van der Waals surface area contributed by atoms with Gasteiger partial charge in [0.2, 0.25) is 0 Å². The second-order valence-electron chi connectivity index (χ2n) is 4.44. The molecule has 2 aromatic rings. The van der Waals surface area contributed by atoms with Crippen LogP contribution >= 0.6 is 0 Å². The van der Waals surface area contributed by atoms with Gasteiger partial charge >= 0.3 is 0 Å². The number of pyridine rings is 1. The smallest absolute Gasteiger partial charge is 0.270 e. The van der Waals surface area contributed by atoms with Crippen LogP contribution in [-0.2, 0) is 0 Å². The molecule has 0 fully saturated rings. The zero-order valence-corrected chi connectivity index (χ0v) is 10.9. The van der Waals surface area contributed by atoms with Gasteiger partial charge in [0.25, 0.3) is 11.2 Å². The normalized spacial score (nSPS) is 10.1. The minimum Gasteiger partial charge on any atom is -0.325 e. The lowest BCUT2D eigenvalue weighted by atomic mass is 9.96. The summed E-state index contributed by atoms with van der Waals surface area (Å²) < 4.78 is 0. The van der Waals surface area contributed by atoms with E-state index in [2.05, 4.69) is 4.98 Å². The zero-order chi connectivity index (χ0) is 14.9. The van der Waals surface area contributed by atoms with Crippen molar-refractivity contribution in [2.75, 3.05) is 0 Å². The summed E-state index contributed by atoms with van der Waals surface area (Å²) in [5, 5.41) is 20.0. The molecule has 6 nitrogen and oxygen atoms in total. The number of nitriles is 1. The molecule has 6 heteroatoms. The number of nitro groups is 1. The van der Waals surface area contributed by atoms with Crippen molar-refractivity contribution in [1.29, 1.82) is 5.26 Å². The molecule has 1 aromatic carbocycles. The van der Waals surface area contributed by atoms with Crippen molar-refractivity contribution in [2.45, 2.75) is 13.8 Å². The van der Waals surface area contributed by atoms with Gasteiger partial charge in [-0.25, -0.2) is 0 Å². The first kappa shape index (κ1) is 13.5. The summed E-state index contributed by atoms with van der Waals surface area (Å²) in [6, 6.07) is 7.87. The summed E-state index contributed by atoms with van der Waals surface area (Å²) >= 11 is 0. The number of non-ortho nitro benzene ring substituents is 1. The molecule has 0 aliphatic heterocycles. The minimum absolute atomic E-state index is 0.0424. The molecule has 1 heterocycles. The van der Waals surface area contributed by atoms with Crippen molar-refractivity contribution in [1.82, 2.24) is 4.98 Å². The van der Waals surface area contributed by atoms with Crippen molar-refractivity contribution >= 4 is 5.69 Å². The first-order chi connectivity index (χ1) is 9.43. The molecule has 0 unspecified atom stereocenters. The van der Waals surface area contributed by atoms with Crippen LogP contribution in [0, 0.1) is 35.3 Å². The molecule has 0 aliphatic rings. The monoisotopic (exact) mass is 269 g/mol. The molecule has 0 atom stereocenters. The van der Waals surface area contributed by atoms with Crippen LogP contribution in [0.25, 0.3) is 11.1 Å². The number of aromatic amines is 1. The fourth-order valence-electron chi connectivity index (χ4n) is 2.03. The third kappa shape index (κ3) is 2.29. The highest BCUT2D eigenvalue weighted by Gasteiger charge is 2.15. The van der Waals surface area contributed by atoms with Crippen LogP contribution < -0.4 is 5.56 Å². The van der Waals surface area contributed by atoms with E-state index in [0.717, 1.165) is 5.56 Å². The van der Waals surface area contributed by atoms with Gasteiger partial charge in [0.05, 0.1) is 4.92 Å². The number of H-pyrrole nitrogens is 1. The largest absolute Gasteiger partial charge is 0.325 e. The molecule has 20 heavy (non-hydrogen) atoms. The van der Waals surface area contributed by atoms with E-state index in [1.165, 1.54) is 12.1 Å². The molecule has 0 saturated heterocycles. The lowest BCUT2D eigenvalue weighted by Crippen LogP contribution is -2.13. The average molecular weight is 269 g/mol. The van der Waals surface area contributed by atoms with E-state index in [-0.39, 0.29) is 11.3 Å². The topological polar surface area (TPSA) is 99.8 Å². The number of hydrogen-bond acceptors (Lipinski definition) is 4. The number of hydrogen-bond donors (Lipinski definition) is 1. The average Bonchev–Trinajstić information content (AvgIpc) is 2.38. The lowest BCUT2D eigenvalue weighted by molar-refractivity contribution is -0.384. The molecular weight excluding hydrogens is 258 g/mol. The van der Waals surface area contributed by atoms with Gasteiger partial charge in [-0.2, -0.15) is 5.26 Å². The molecule has 1 N–H and O–H groups in total. The molecule has 0 spiro atoms. The predicted octanol–water partition coefficient (Wildman–Crippen LogP) is 2.44. The van der Waals surface area contributed by atoms with E-state index in [4.69, 9.17) is 5.26 Å². The van der Waals surface area contributed by atoms with E-state index in [9.17, 15) is 14.9 Å². The molecule has 2 rings (SSSR count). The Morgan fingerprint density at radius 2 is 1.95 bits per heavy atom. The number of nitrogens with one attached hydrogen (secondary N) is 1. The first-order valence-electron chi connectivity index (χ1n) is 5.83. The Morgan fingerprint density at radius 3 is 2.55 bits per heavy atom. The fraction of sp³-hybridized carbons (Fsp3) is 0.143. The van der Waals surface area contributed by atoms with E-state index in [1.807, 2.05) is 6.07 Å². The Bertz CT molecular complexity index is 800. The van der Waals surface area contributed by atoms with Gasteiger partial charge in [0.15, 0.2) is 0 Å². The molecule has 100 valence electrons. The van der Waals surface area contributed by atoms with Crippen LogP contribution in [0.15, 0.2) is 29.1 Å². The Balaban J connectivity index is 2.81. The minimum atomic E-state index is -0.505. The van der Waals surface area contributed by atoms with Crippen LogP contribution in [-0.4, -0.2) is 9.91 Å². The zero-order valence-electron chi connectivity index (χ0n) is 10.9. The van der Waals surface area contributed by atoms with Gasteiger partial charge in [0, 0.05) is 23.4 Å². The van der Waals surface area contributed by atoms with Crippen LogP contribution in [0.5, 0.6) is 0 Å². The Labute approximate surface area is 114 Å². The summed E-state index contributed by atoms with van der Waals surface area (Å²) in [5.41, 5.74) is 1.67. The molecule has 1 aromatic heterocycles. The fourth-order valence-corrected chi connectivity index (χ4v) is 2.03. The highest BCUT2D eigenvalue weighted by atomic mass is 16.6.